The maximum atomic E-state index is 17.2. The maximum Gasteiger partial charge on any atom is 0.417 e. The molecular formula is C35H36F7N7O. The van der Waals surface area contributed by atoms with Crippen LogP contribution in [0.15, 0.2) is 43.1 Å². The van der Waals surface area contributed by atoms with Crippen LogP contribution in [0.5, 0.6) is 6.01 Å². The molecule has 2 aromatic heterocycles. The van der Waals surface area contributed by atoms with Crippen molar-refractivity contribution >= 4 is 27.6 Å². The number of hydrogen-bond acceptors (Lipinski definition) is 7. The lowest BCUT2D eigenvalue weighted by Crippen LogP contribution is -2.59. The average Bonchev–Trinajstić information content (AvgIpc) is 3.74. The third kappa shape index (κ3) is 5.87. The highest BCUT2D eigenvalue weighted by Gasteiger charge is 2.49. The van der Waals surface area contributed by atoms with Crippen LogP contribution in [-0.4, -0.2) is 81.6 Å². The first-order chi connectivity index (χ1) is 23.7. The number of hydrogen-bond donors (Lipinski definition) is 2. The second kappa shape index (κ2) is 12.5. The van der Waals surface area contributed by atoms with Crippen LogP contribution in [0.4, 0.5) is 36.6 Å². The minimum Gasteiger partial charge on any atom is -0.461 e. The number of alkyl halides is 4. The van der Waals surface area contributed by atoms with Crippen molar-refractivity contribution in [3.8, 4) is 17.1 Å². The number of ether oxygens (including phenoxy) is 1. The van der Waals surface area contributed by atoms with Gasteiger partial charge in [-0.1, -0.05) is 6.08 Å². The van der Waals surface area contributed by atoms with Crippen LogP contribution >= 0.6 is 0 Å². The molecule has 5 heterocycles. The van der Waals surface area contributed by atoms with Gasteiger partial charge in [-0.3, -0.25) is 10.00 Å². The standard InChI is InChI=1S/C35H36F7N7O/c1-4-6-33(14-26(37)38)17-48(10-8-43-33)31-22-12-24(35(40,41)42)28(27-20(3)19(2)11-25-23(27)15-44-47-25)29(39)30(22)45-32(46-31)50-18-34-7-5-9-49(34)16-21(36)13-34/h4,11-12,14-15,21,43H,1,5-10,13,16-18H2,2-3H3,(H,44,47)/t21-,33+,34?/m1/s1. The molecular weight excluding hydrogens is 667 g/mol. The highest BCUT2D eigenvalue weighted by Crippen LogP contribution is 2.47. The molecule has 3 aliphatic rings. The number of halogens is 7. The van der Waals surface area contributed by atoms with Crippen molar-refractivity contribution in [2.75, 3.05) is 44.2 Å². The van der Waals surface area contributed by atoms with Crippen LogP contribution in [0.25, 0.3) is 32.9 Å². The van der Waals surface area contributed by atoms with E-state index in [4.69, 9.17) is 4.74 Å². The normalized spacial score (nSPS) is 24.3. The number of benzene rings is 2. The number of anilines is 1. The lowest BCUT2D eigenvalue weighted by molar-refractivity contribution is -0.137. The van der Waals surface area contributed by atoms with E-state index in [1.165, 1.54) is 17.2 Å². The van der Waals surface area contributed by atoms with Crippen molar-refractivity contribution in [2.45, 2.75) is 63.0 Å². The lowest BCUT2D eigenvalue weighted by Gasteiger charge is -2.42. The van der Waals surface area contributed by atoms with Gasteiger partial charge in [0.1, 0.15) is 24.1 Å². The summed E-state index contributed by atoms with van der Waals surface area (Å²) in [4.78, 5) is 12.5. The van der Waals surface area contributed by atoms with Gasteiger partial charge in [-0.15, -0.1) is 6.58 Å². The van der Waals surface area contributed by atoms with Crippen molar-refractivity contribution in [1.82, 2.24) is 30.4 Å². The number of aromatic nitrogens is 4. The minimum atomic E-state index is -5.02. The highest BCUT2D eigenvalue weighted by molar-refractivity contribution is 6.02. The fourth-order valence-corrected chi connectivity index (χ4v) is 8.12. The molecule has 50 heavy (non-hydrogen) atoms. The fraction of sp³-hybridized carbons (Fsp3) is 0.457. The monoisotopic (exact) mass is 703 g/mol. The zero-order chi connectivity index (χ0) is 35.6. The number of H-pyrrole nitrogens is 1. The molecule has 2 aromatic carbocycles. The van der Waals surface area contributed by atoms with Crippen molar-refractivity contribution in [2.24, 2.45) is 0 Å². The quantitative estimate of drug-likeness (QED) is 0.146. The van der Waals surface area contributed by atoms with Crippen molar-refractivity contribution in [3.05, 3.63) is 65.6 Å². The first kappa shape index (κ1) is 34.2. The number of nitrogens with one attached hydrogen (secondary N) is 2. The van der Waals surface area contributed by atoms with E-state index >= 15 is 17.6 Å². The average molecular weight is 704 g/mol. The number of piperazine rings is 1. The third-order valence-corrected chi connectivity index (χ3v) is 10.5. The highest BCUT2D eigenvalue weighted by atomic mass is 19.4. The molecule has 1 unspecified atom stereocenters. The summed E-state index contributed by atoms with van der Waals surface area (Å²) in [6, 6.07) is 2.24. The second-order valence-electron chi connectivity index (χ2n) is 13.7. The molecule has 3 atom stereocenters. The van der Waals surface area contributed by atoms with Crippen LogP contribution < -0.4 is 15.0 Å². The summed E-state index contributed by atoms with van der Waals surface area (Å²) >= 11 is 0. The predicted molar refractivity (Wildman–Crippen MR) is 176 cm³/mol. The largest absolute Gasteiger partial charge is 0.461 e. The molecule has 15 heteroatoms. The van der Waals surface area contributed by atoms with Crippen molar-refractivity contribution in [1.29, 1.82) is 0 Å². The molecule has 0 bridgehead atoms. The number of fused-ring (bicyclic) bond motifs is 3. The van der Waals surface area contributed by atoms with Crippen LogP contribution in [0, 0.1) is 19.7 Å². The van der Waals surface area contributed by atoms with Gasteiger partial charge in [0.2, 0.25) is 0 Å². The number of nitrogens with zero attached hydrogens (tertiary/aromatic N) is 5. The van der Waals surface area contributed by atoms with E-state index in [1.54, 1.807) is 19.9 Å². The Bertz CT molecular complexity index is 2010. The van der Waals surface area contributed by atoms with Crippen molar-refractivity contribution in [3.63, 3.8) is 0 Å². The van der Waals surface area contributed by atoms with Gasteiger partial charge in [0, 0.05) is 55.0 Å². The molecule has 0 amide bonds. The second-order valence-corrected chi connectivity index (χ2v) is 13.7. The Hall–Kier alpha value is -4.24. The summed E-state index contributed by atoms with van der Waals surface area (Å²) in [5, 5.41) is 9.87. The predicted octanol–water partition coefficient (Wildman–Crippen LogP) is 7.41. The van der Waals surface area contributed by atoms with Gasteiger partial charge in [0.15, 0.2) is 5.82 Å². The molecule has 3 saturated heterocycles. The van der Waals surface area contributed by atoms with Gasteiger partial charge in [0.05, 0.1) is 28.4 Å². The van der Waals surface area contributed by atoms with E-state index in [1.807, 2.05) is 4.90 Å². The van der Waals surface area contributed by atoms with E-state index < -0.39 is 52.0 Å². The Kier molecular flexibility index (Phi) is 8.56. The fourth-order valence-electron chi connectivity index (χ4n) is 8.12. The third-order valence-electron chi connectivity index (χ3n) is 10.5. The summed E-state index contributed by atoms with van der Waals surface area (Å²) in [6.45, 7) is 8.10. The van der Waals surface area contributed by atoms with E-state index in [-0.39, 0.29) is 68.4 Å². The van der Waals surface area contributed by atoms with Gasteiger partial charge in [0.25, 0.3) is 6.08 Å². The smallest absolute Gasteiger partial charge is 0.417 e. The van der Waals surface area contributed by atoms with Gasteiger partial charge >= 0.3 is 12.2 Å². The molecule has 0 aliphatic carbocycles. The van der Waals surface area contributed by atoms with Gasteiger partial charge < -0.3 is 15.0 Å². The molecule has 2 N–H and O–H groups in total. The molecule has 3 fully saturated rings. The molecule has 3 aliphatic heterocycles. The van der Waals surface area contributed by atoms with E-state index in [9.17, 15) is 13.2 Å². The molecule has 8 nitrogen and oxygen atoms in total. The number of rotatable bonds is 8. The van der Waals surface area contributed by atoms with Crippen LogP contribution in [0.2, 0.25) is 0 Å². The lowest BCUT2D eigenvalue weighted by atomic mass is 9.88. The molecule has 7 rings (SSSR count). The van der Waals surface area contributed by atoms with Crippen LogP contribution in [-0.2, 0) is 6.18 Å². The Labute approximate surface area is 283 Å². The maximum absolute atomic E-state index is 17.2. The zero-order valence-electron chi connectivity index (χ0n) is 27.5. The van der Waals surface area contributed by atoms with Crippen LogP contribution in [0.3, 0.4) is 0 Å². The van der Waals surface area contributed by atoms with Gasteiger partial charge in [-0.05, 0) is 68.5 Å². The Balaban J connectivity index is 1.45. The first-order valence-corrected chi connectivity index (χ1v) is 16.5. The molecule has 266 valence electrons. The number of aromatic amines is 1. The molecule has 0 radical (unpaired) electrons. The van der Waals surface area contributed by atoms with Crippen molar-refractivity contribution < 1.29 is 35.5 Å². The minimum absolute atomic E-state index is 0.0132. The summed E-state index contributed by atoms with van der Waals surface area (Å²) < 4.78 is 110. The zero-order valence-corrected chi connectivity index (χ0v) is 27.5. The van der Waals surface area contributed by atoms with Crippen LogP contribution in [0.1, 0.15) is 42.4 Å². The Morgan fingerprint density at radius 1 is 1.14 bits per heavy atom. The van der Waals surface area contributed by atoms with E-state index in [0.29, 0.717) is 35.0 Å². The SMILES string of the molecule is C=CC[C@]1(C=C(F)F)CN(c2nc(OCC34CCCN3C[C@H](F)C4)nc3c(F)c(-c4c(C)c(C)cc5[nH]ncc45)c(C(F)(F)F)cc23)CCN1. The Morgan fingerprint density at radius 2 is 1.94 bits per heavy atom. The van der Waals surface area contributed by atoms with Gasteiger partial charge in [-0.25, -0.2) is 8.78 Å². The summed E-state index contributed by atoms with van der Waals surface area (Å²) in [5.74, 6) is -1.35. The number of aryl methyl sites for hydroxylation is 1. The summed E-state index contributed by atoms with van der Waals surface area (Å²) in [5.41, 5.74) is -2.85. The molecule has 0 spiro atoms. The van der Waals surface area contributed by atoms with E-state index in [0.717, 1.165) is 18.6 Å². The topological polar surface area (TPSA) is 82.2 Å². The Morgan fingerprint density at radius 3 is 2.68 bits per heavy atom. The molecule has 4 aromatic rings. The molecule has 0 saturated carbocycles. The summed E-state index contributed by atoms with van der Waals surface area (Å²) in [7, 11) is 0. The van der Waals surface area contributed by atoms with E-state index in [2.05, 4.69) is 32.1 Å². The summed E-state index contributed by atoms with van der Waals surface area (Å²) in [6.07, 6.45) is -2.66. The first-order valence-electron chi connectivity index (χ1n) is 16.5. The van der Waals surface area contributed by atoms with Gasteiger partial charge in [-0.2, -0.15) is 37.0 Å².